The van der Waals surface area contributed by atoms with Gasteiger partial charge in [0.1, 0.15) is 5.75 Å². The van der Waals surface area contributed by atoms with Crippen molar-refractivity contribution in [3.05, 3.63) is 59.2 Å². The highest BCUT2D eigenvalue weighted by Gasteiger charge is 2.19. The van der Waals surface area contributed by atoms with Gasteiger partial charge in [-0.2, -0.15) is 0 Å². The van der Waals surface area contributed by atoms with Gasteiger partial charge in [-0.3, -0.25) is 0 Å². The molecule has 1 N–H and O–H groups in total. The van der Waals surface area contributed by atoms with Crippen LogP contribution in [0.1, 0.15) is 29.5 Å². The second kappa shape index (κ2) is 8.31. The minimum absolute atomic E-state index is 0.397. The average Bonchev–Trinajstić information content (AvgIpc) is 2.50. The van der Waals surface area contributed by atoms with Gasteiger partial charge in [-0.25, -0.2) is 13.1 Å². The largest absolute Gasteiger partial charge is 0.494 e. The molecule has 0 fully saturated rings. The first kappa shape index (κ1) is 18.5. The highest BCUT2D eigenvalue weighted by molar-refractivity contribution is 7.89. The lowest BCUT2D eigenvalue weighted by Crippen LogP contribution is -2.26. The molecule has 2 aromatic carbocycles. The van der Waals surface area contributed by atoms with Gasteiger partial charge in [-0.05, 0) is 56.9 Å². The number of nitrogens with one attached hydrogen (secondary N) is 1. The van der Waals surface area contributed by atoms with E-state index in [2.05, 4.69) is 4.72 Å². The third-order valence-electron chi connectivity index (χ3n) is 3.75. The van der Waals surface area contributed by atoms with Crippen LogP contribution in [0.5, 0.6) is 5.75 Å². The zero-order valence-corrected chi connectivity index (χ0v) is 15.3. The van der Waals surface area contributed by atoms with E-state index in [4.69, 9.17) is 4.74 Å². The maximum Gasteiger partial charge on any atom is 0.241 e. The number of ether oxygens (including phenoxy) is 1. The fraction of sp³-hybridized carbons (Fsp3) is 0.368. The monoisotopic (exact) mass is 347 g/mol. The predicted molar refractivity (Wildman–Crippen MR) is 97.0 cm³/mol. The standard InChI is InChI=1S/C19H25NO3S/c1-15-13-16(2)19(17(3)14-15)24(21,22)20-11-7-8-12-23-18-9-5-4-6-10-18/h4-6,9-10,13-14,20H,7-8,11-12H2,1-3H3. The fourth-order valence-electron chi connectivity index (χ4n) is 2.80. The van der Waals surface area contributed by atoms with Crippen molar-refractivity contribution in [1.29, 1.82) is 0 Å². The first-order valence-corrected chi connectivity index (χ1v) is 9.64. The van der Waals surface area contributed by atoms with Crippen LogP contribution >= 0.6 is 0 Å². The SMILES string of the molecule is Cc1cc(C)c(S(=O)(=O)NCCCCOc2ccccc2)c(C)c1. The van der Waals surface area contributed by atoms with Gasteiger partial charge in [0.25, 0.3) is 0 Å². The summed E-state index contributed by atoms with van der Waals surface area (Å²) in [6.45, 7) is 6.63. The summed E-state index contributed by atoms with van der Waals surface area (Å²) < 4.78 is 33.3. The Hall–Kier alpha value is -1.85. The van der Waals surface area contributed by atoms with E-state index >= 15 is 0 Å². The van der Waals surface area contributed by atoms with E-state index in [1.165, 1.54) is 0 Å². The zero-order chi connectivity index (χ0) is 17.6. The molecule has 24 heavy (non-hydrogen) atoms. The molecule has 0 aromatic heterocycles. The van der Waals surface area contributed by atoms with E-state index in [1.54, 1.807) is 0 Å². The average molecular weight is 347 g/mol. The molecule has 130 valence electrons. The molecule has 0 radical (unpaired) electrons. The van der Waals surface area contributed by atoms with Gasteiger partial charge in [0.05, 0.1) is 11.5 Å². The summed E-state index contributed by atoms with van der Waals surface area (Å²) in [7, 11) is -3.47. The Bertz CT molecular complexity index is 747. The summed E-state index contributed by atoms with van der Waals surface area (Å²) in [6.07, 6.45) is 1.53. The van der Waals surface area contributed by atoms with Crippen molar-refractivity contribution in [1.82, 2.24) is 4.72 Å². The molecule has 0 aliphatic rings. The van der Waals surface area contributed by atoms with Crippen LogP contribution in [0.15, 0.2) is 47.4 Å². The predicted octanol–water partition coefficient (Wildman–Crippen LogP) is 3.75. The number of sulfonamides is 1. The quantitative estimate of drug-likeness (QED) is 0.740. The molecule has 0 heterocycles. The number of unbranched alkanes of at least 4 members (excludes halogenated alkanes) is 1. The first-order valence-electron chi connectivity index (χ1n) is 8.15. The summed E-state index contributed by atoms with van der Waals surface area (Å²) in [5.74, 6) is 0.837. The van der Waals surface area contributed by atoms with Crippen LogP contribution in [0.3, 0.4) is 0 Å². The molecule has 0 saturated heterocycles. The molecule has 0 atom stereocenters. The summed E-state index contributed by atoms with van der Waals surface area (Å²) in [5, 5.41) is 0. The van der Waals surface area contributed by atoms with Gasteiger partial charge in [-0.15, -0.1) is 0 Å². The van der Waals surface area contributed by atoms with Gasteiger partial charge < -0.3 is 4.74 Å². The molecular weight excluding hydrogens is 322 g/mol. The number of benzene rings is 2. The van der Waals surface area contributed by atoms with Crippen LogP contribution in [0.25, 0.3) is 0 Å². The first-order chi connectivity index (χ1) is 11.4. The van der Waals surface area contributed by atoms with Crippen molar-refractivity contribution in [3.8, 4) is 5.75 Å². The zero-order valence-electron chi connectivity index (χ0n) is 14.5. The van der Waals surface area contributed by atoms with Crippen LogP contribution < -0.4 is 9.46 Å². The lowest BCUT2D eigenvalue weighted by atomic mass is 10.1. The molecule has 5 heteroatoms. The van der Waals surface area contributed by atoms with Crippen molar-refractivity contribution >= 4 is 10.0 Å². The van der Waals surface area contributed by atoms with E-state index in [9.17, 15) is 8.42 Å². The third kappa shape index (κ3) is 5.08. The van der Waals surface area contributed by atoms with Gasteiger partial charge in [0.15, 0.2) is 0 Å². The van der Waals surface area contributed by atoms with Crippen LogP contribution in [0.4, 0.5) is 0 Å². The Labute approximate surface area is 144 Å². The summed E-state index contributed by atoms with van der Waals surface area (Å²) in [5.41, 5.74) is 2.64. The molecule has 0 aliphatic carbocycles. The smallest absolute Gasteiger partial charge is 0.241 e. The molecule has 0 aliphatic heterocycles. The van der Waals surface area contributed by atoms with E-state index in [0.717, 1.165) is 35.3 Å². The molecular formula is C19H25NO3S. The molecule has 0 spiro atoms. The van der Waals surface area contributed by atoms with Crippen LogP contribution in [-0.2, 0) is 10.0 Å². The van der Waals surface area contributed by atoms with E-state index in [1.807, 2.05) is 63.2 Å². The lowest BCUT2D eigenvalue weighted by Gasteiger charge is -2.13. The Morgan fingerprint density at radius 3 is 2.21 bits per heavy atom. The number of hydrogen-bond donors (Lipinski definition) is 1. The molecule has 0 bridgehead atoms. The molecule has 0 unspecified atom stereocenters. The fourth-order valence-corrected chi connectivity index (χ4v) is 4.33. The van der Waals surface area contributed by atoms with Gasteiger partial charge in [0.2, 0.25) is 10.0 Å². The Balaban J connectivity index is 1.81. The maximum atomic E-state index is 12.5. The molecule has 4 nitrogen and oxygen atoms in total. The van der Waals surface area contributed by atoms with Crippen LogP contribution in [0.2, 0.25) is 0 Å². The molecule has 2 aromatic rings. The van der Waals surface area contributed by atoms with E-state index in [-0.39, 0.29) is 0 Å². The number of hydrogen-bond acceptors (Lipinski definition) is 3. The number of rotatable bonds is 8. The third-order valence-corrected chi connectivity index (χ3v) is 5.51. The summed E-state index contributed by atoms with van der Waals surface area (Å²) >= 11 is 0. The van der Waals surface area contributed by atoms with Gasteiger partial charge >= 0.3 is 0 Å². The van der Waals surface area contributed by atoms with E-state index in [0.29, 0.717) is 18.0 Å². The van der Waals surface area contributed by atoms with Crippen molar-refractivity contribution in [2.24, 2.45) is 0 Å². The summed E-state index contributed by atoms with van der Waals surface area (Å²) in [6, 6.07) is 13.4. The minimum Gasteiger partial charge on any atom is -0.494 e. The molecule has 0 saturated carbocycles. The molecule has 0 amide bonds. The Morgan fingerprint density at radius 2 is 1.58 bits per heavy atom. The normalized spacial score (nSPS) is 11.5. The van der Waals surface area contributed by atoms with Crippen molar-refractivity contribution in [3.63, 3.8) is 0 Å². The Kier molecular flexibility index (Phi) is 6.40. The highest BCUT2D eigenvalue weighted by atomic mass is 32.2. The number of aryl methyl sites for hydroxylation is 3. The highest BCUT2D eigenvalue weighted by Crippen LogP contribution is 2.21. The maximum absolute atomic E-state index is 12.5. The van der Waals surface area contributed by atoms with Crippen molar-refractivity contribution in [2.45, 2.75) is 38.5 Å². The second-order valence-corrected chi connectivity index (χ2v) is 7.70. The number of para-hydroxylation sites is 1. The minimum atomic E-state index is -3.47. The van der Waals surface area contributed by atoms with Crippen LogP contribution in [0, 0.1) is 20.8 Å². The topological polar surface area (TPSA) is 55.4 Å². The van der Waals surface area contributed by atoms with Gasteiger partial charge in [-0.1, -0.05) is 35.9 Å². The molecule has 2 rings (SSSR count). The van der Waals surface area contributed by atoms with Gasteiger partial charge in [0, 0.05) is 6.54 Å². The lowest BCUT2D eigenvalue weighted by molar-refractivity contribution is 0.307. The van der Waals surface area contributed by atoms with Crippen molar-refractivity contribution < 1.29 is 13.2 Å². The second-order valence-electron chi connectivity index (χ2n) is 5.99. The van der Waals surface area contributed by atoms with Crippen molar-refractivity contribution in [2.75, 3.05) is 13.2 Å². The van der Waals surface area contributed by atoms with Crippen LogP contribution in [-0.4, -0.2) is 21.6 Å². The Morgan fingerprint density at radius 1 is 0.958 bits per heavy atom. The van der Waals surface area contributed by atoms with E-state index < -0.39 is 10.0 Å². The summed E-state index contributed by atoms with van der Waals surface area (Å²) in [4.78, 5) is 0.397.